The number of para-hydroxylation sites is 2. The molecule has 1 N–H and O–H groups in total. The van der Waals surface area contributed by atoms with E-state index in [1.165, 1.54) is 15.8 Å². The van der Waals surface area contributed by atoms with Crippen molar-refractivity contribution in [3.63, 3.8) is 0 Å². The average molecular weight is 558 g/mol. The van der Waals surface area contributed by atoms with Crippen LogP contribution in [-0.4, -0.2) is 20.6 Å². The number of aliphatic carboxylic acids is 1. The normalized spacial score (nSPS) is 13.6. The van der Waals surface area contributed by atoms with Gasteiger partial charge in [0.1, 0.15) is 17.5 Å². The van der Waals surface area contributed by atoms with Crippen LogP contribution in [0.25, 0.3) is 54.4 Å². The second-order valence-electron chi connectivity index (χ2n) is 9.17. The quantitative estimate of drug-likeness (QED) is 0.123. The van der Waals surface area contributed by atoms with Gasteiger partial charge in [-0.1, -0.05) is 54.6 Å². The number of carbonyl (C=O) groups is 1. The Labute approximate surface area is 239 Å². The molecule has 40 heavy (non-hydrogen) atoms. The smallest absolute Gasteiger partial charge is 0.346 e. The molecule has 0 atom stereocenters. The predicted molar refractivity (Wildman–Crippen MR) is 165 cm³/mol. The molecule has 0 saturated carbocycles. The number of nitriles is 1. The number of thiophene rings is 2. The van der Waals surface area contributed by atoms with Crippen LogP contribution in [0.15, 0.2) is 109 Å². The summed E-state index contributed by atoms with van der Waals surface area (Å²) in [6.07, 6.45) is 13.5. The lowest BCUT2D eigenvalue weighted by Crippen LogP contribution is -2.00. The summed E-state index contributed by atoms with van der Waals surface area (Å²) in [4.78, 5) is 20.4. The standard InChI is InChI=1S/C33H23N3O2S2/c34-21-24(33(37)38)7-6-10-26-17-18-30(39-26)31-20-19-29(40-31)22-13-15-23(16-14-22)32-35-27-11-4-5-12-28(27)36(32)25-8-2-1-3-9-25/h2,4-20H,1,3H2,(H,37,38)/b10-6+,24-7-. The Morgan fingerprint density at radius 2 is 1.68 bits per heavy atom. The van der Waals surface area contributed by atoms with Crippen molar-refractivity contribution < 1.29 is 9.90 Å². The molecular formula is C33H23N3O2S2. The molecule has 5 nitrogen and oxygen atoms in total. The molecule has 2 aromatic carbocycles. The third-order valence-corrected chi connectivity index (χ3v) is 8.95. The molecule has 7 heteroatoms. The van der Waals surface area contributed by atoms with Crippen molar-refractivity contribution in [3.8, 4) is 37.7 Å². The third kappa shape index (κ3) is 5.10. The fourth-order valence-corrected chi connectivity index (χ4v) is 6.65. The van der Waals surface area contributed by atoms with Gasteiger partial charge in [0.15, 0.2) is 0 Å². The fraction of sp³-hybridized carbons (Fsp3) is 0.0606. The first kappa shape index (κ1) is 25.5. The average Bonchev–Trinajstić information content (AvgIpc) is 3.74. The van der Waals surface area contributed by atoms with Gasteiger partial charge in [0.25, 0.3) is 0 Å². The first-order chi connectivity index (χ1) is 19.6. The van der Waals surface area contributed by atoms with Crippen LogP contribution in [0.5, 0.6) is 0 Å². The maximum atomic E-state index is 11.0. The molecule has 0 amide bonds. The van der Waals surface area contributed by atoms with Gasteiger partial charge in [0.2, 0.25) is 0 Å². The number of allylic oxidation sites excluding steroid dienone is 6. The van der Waals surface area contributed by atoms with Crippen molar-refractivity contribution in [2.75, 3.05) is 0 Å². The number of carboxylic acids is 1. The lowest BCUT2D eigenvalue weighted by molar-refractivity contribution is -0.132. The van der Waals surface area contributed by atoms with Gasteiger partial charge in [0.05, 0.1) is 11.0 Å². The van der Waals surface area contributed by atoms with Crippen LogP contribution in [-0.2, 0) is 4.79 Å². The topological polar surface area (TPSA) is 78.9 Å². The maximum Gasteiger partial charge on any atom is 0.346 e. The third-order valence-electron chi connectivity index (χ3n) is 6.57. The Bertz CT molecular complexity index is 1890. The van der Waals surface area contributed by atoms with Crippen LogP contribution in [0.1, 0.15) is 17.7 Å². The van der Waals surface area contributed by atoms with Gasteiger partial charge >= 0.3 is 5.97 Å². The van der Waals surface area contributed by atoms with Crippen molar-refractivity contribution in [3.05, 3.63) is 114 Å². The van der Waals surface area contributed by atoms with Crippen LogP contribution in [0.3, 0.4) is 0 Å². The van der Waals surface area contributed by atoms with Crippen molar-refractivity contribution in [2.24, 2.45) is 0 Å². The number of nitrogens with zero attached hydrogens (tertiary/aromatic N) is 3. The molecule has 1 aliphatic rings. The second-order valence-corrected chi connectivity index (χ2v) is 11.4. The highest BCUT2D eigenvalue weighted by Crippen LogP contribution is 2.39. The zero-order valence-corrected chi connectivity index (χ0v) is 23.0. The van der Waals surface area contributed by atoms with E-state index in [1.54, 1.807) is 34.8 Å². The molecule has 0 spiro atoms. The van der Waals surface area contributed by atoms with E-state index in [0.717, 1.165) is 56.3 Å². The number of aromatic nitrogens is 2. The molecular weight excluding hydrogens is 535 g/mol. The van der Waals surface area contributed by atoms with Crippen LogP contribution in [0.4, 0.5) is 0 Å². The lowest BCUT2D eigenvalue weighted by atomic mass is 10.1. The Balaban J connectivity index is 1.25. The SMILES string of the molecule is N#C/C(=C/C=C/c1ccc(-c2ccc(-c3ccc(-c4nc5ccccc5n4C4=CCCC=C4)cc3)s2)s1)C(=O)O. The van der Waals surface area contributed by atoms with E-state index in [4.69, 9.17) is 15.4 Å². The number of rotatable bonds is 7. The molecule has 3 heterocycles. The summed E-state index contributed by atoms with van der Waals surface area (Å²) in [5, 5.41) is 17.8. The molecule has 194 valence electrons. The molecule has 0 unspecified atom stereocenters. The first-order valence-corrected chi connectivity index (χ1v) is 14.4. The number of fused-ring (bicyclic) bond motifs is 1. The summed E-state index contributed by atoms with van der Waals surface area (Å²) in [6.45, 7) is 0. The first-order valence-electron chi connectivity index (χ1n) is 12.8. The highest BCUT2D eigenvalue weighted by molar-refractivity contribution is 7.24. The van der Waals surface area contributed by atoms with Gasteiger partial charge in [0, 0.05) is 30.8 Å². The van der Waals surface area contributed by atoms with Crippen LogP contribution in [0.2, 0.25) is 0 Å². The summed E-state index contributed by atoms with van der Waals surface area (Å²) in [5.74, 6) is -0.285. The molecule has 0 saturated heterocycles. The minimum atomic E-state index is -1.23. The van der Waals surface area contributed by atoms with Gasteiger partial charge in [-0.15, -0.1) is 22.7 Å². The minimum Gasteiger partial charge on any atom is -0.477 e. The van der Waals surface area contributed by atoms with Gasteiger partial charge < -0.3 is 5.11 Å². The maximum absolute atomic E-state index is 11.0. The van der Waals surface area contributed by atoms with E-state index in [9.17, 15) is 4.79 Å². The number of imidazole rings is 1. The Morgan fingerprint density at radius 1 is 0.925 bits per heavy atom. The molecule has 0 radical (unpaired) electrons. The van der Waals surface area contributed by atoms with Gasteiger partial charge in [-0.2, -0.15) is 5.26 Å². The highest BCUT2D eigenvalue weighted by atomic mass is 32.1. The van der Waals surface area contributed by atoms with Gasteiger partial charge in [-0.05, 0) is 73.0 Å². The van der Waals surface area contributed by atoms with E-state index in [0.29, 0.717) is 0 Å². The Kier molecular flexibility index (Phi) is 7.11. The summed E-state index contributed by atoms with van der Waals surface area (Å²) >= 11 is 3.36. The van der Waals surface area contributed by atoms with Gasteiger partial charge in [-0.25, -0.2) is 9.78 Å². The predicted octanol–water partition coefficient (Wildman–Crippen LogP) is 8.90. The van der Waals surface area contributed by atoms with E-state index in [2.05, 4.69) is 83.5 Å². The van der Waals surface area contributed by atoms with Crippen LogP contribution in [0, 0.1) is 11.3 Å². The van der Waals surface area contributed by atoms with E-state index in [-0.39, 0.29) is 5.57 Å². The van der Waals surface area contributed by atoms with Crippen molar-refractivity contribution in [1.29, 1.82) is 5.26 Å². The summed E-state index contributed by atoms with van der Waals surface area (Å²) in [7, 11) is 0. The molecule has 0 bridgehead atoms. The molecule has 3 aromatic heterocycles. The summed E-state index contributed by atoms with van der Waals surface area (Å²) in [5.41, 5.74) is 5.19. The van der Waals surface area contributed by atoms with Crippen molar-refractivity contribution >= 4 is 51.4 Å². The van der Waals surface area contributed by atoms with Gasteiger partial charge in [-0.3, -0.25) is 4.57 Å². The second kappa shape index (κ2) is 11.1. The number of hydrogen-bond donors (Lipinski definition) is 1. The van der Waals surface area contributed by atoms with Crippen molar-refractivity contribution in [1.82, 2.24) is 9.55 Å². The molecule has 5 aromatic rings. The molecule has 0 aliphatic heterocycles. The fourth-order valence-electron chi connectivity index (χ4n) is 4.63. The highest BCUT2D eigenvalue weighted by Gasteiger charge is 2.16. The van der Waals surface area contributed by atoms with E-state index in [1.807, 2.05) is 18.2 Å². The summed E-state index contributed by atoms with van der Waals surface area (Å²) < 4.78 is 2.25. The zero-order chi connectivity index (χ0) is 27.5. The molecule has 0 fully saturated rings. The molecule has 1 aliphatic carbocycles. The van der Waals surface area contributed by atoms with E-state index < -0.39 is 5.97 Å². The number of benzene rings is 2. The van der Waals surface area contributed by atoms with Crippen LogP contribution >= 0.6 is 22.7 Å². The van der Waals surface area contributed by atoms with E-state index >= 15 is 0 Å². The number of carboxylic acid groups (broad SMARTS) is 1. The van der Waals surface area contributed by atoms with Crippen molar-refractivity contribution in [2.45, 2.75) is 12.8 Å². The molecule has 6 rings (SSSR count). The minimum absolute atomic E-state index is 0.290. The summed E-state index contributed by atoms with van der Waals surface area (Å²) in [6, 6.07) is 26.9. The zero-order valence-electron chi connectivity index (χ0n) is 21.3. The Morgan fingerprint density at radius 3 is 2.45 bits per heavy atom. The van der Waals surface area contributed by atoms with Crippen LogP contribution < -0.4 is 0 Å². The Hall–Kier alpha value is -4.77. The lowest BCUT2D eigenvalue weighted by Gasteiger charge is -2.13. The number of hydrogen-bond acceptors (Lipinski definition) is 5. The monoisotopic (exact) mass is 557 g/mol. The largest absolute Gasteiger partial charge is 0.477 e.